The minimum Gasteiger partial charge on any atom is -0.328 e. The number of thiazole rings is 1. The maximum absolute atomic E-state index is 12.3. The fourth-order valence-electron chi connectivity index (χ4n) is 2.62. The van der Waals surface area contributed by atoms with Crippen LogP contribution in [0.4, 0.5) is 10.8 Å². The highest BCUT2D eigenvalue weighted by atomic mass is 32.1. The SMILES string of the molecule is CC(=O)N(c1nc(/C=C2\NC(=S)NC2=O)cs1)c1c(C)cccc1C. The topological polar surface area (TPSA) is 74.3 Å². The Balaban J connectivity index is 1.99. The van der Waals surface area contributed by atoms with Crippen molar-refractivity contribution in [3.05, 3.63) is 46.1 Å². The summed E-state index contributed by atoms with van der Waals surface area (Å²) < 4.78 is 0. The lowest BCUT2D eigenvalue weighted by Crippen LogP contribution is -2.24. The predicted octanol–water partition coefficient (Wildman–Crippen LogP) is 2.79. The molecular formula is C17H16N4O2S2. The largest absolute Gasteiger partial charge is 0.328 e. The molecule has 0 aliphatic carbocycles. The quantitative estimate of drug-likeness (QED) is 0.640. The number of benzene rings is 1. The number of anilines is 2. The first-order valence-corrected chi connectivity index (χ1v) is 8.82. The standard InChI is InChI=1S/C17H16N4O2S2/c1-9-5-4-6-10(2)14(9)21(11(3)22)17-18-12(8-25-17)7-13-15(23)20-16(24)19-13/h4-8H,1-3H3,(H2,19,20,23,24)/b13-7-. The highest BCUT2D eigenvalue weighted by molar-refractivity contribution is 7.80. The lowest BCUT2D eigenvalue weighted by Gasteiger charge is -2.22. The molecule has 6 nitrogen and oxygen atoms in total. The molecule has 128 valence electrons. The third kappa shape index (κ3) is 3.45. The van der Waals surface area contributed by atoms with Gasteiger partial charge in [-0.25, -0.2) is 4.98 Å². The summed E-state index contributed by atoms with van der Waals surface area (Å²) in [5, 5.41) is 7.90. The normalized spacial score (nSPS) is 15.2. The van der Waals surface area contributed by atoms with Crippen molar-refractivity contribution < 1.29 is 9.59 Å². The van der Waals surface area contributed by atoms with E-state index in [9.17, 15) is 9.59 Å². The molecule has 3 rings (SSSR count). The number of nitrogens with one attached hydrogen (secondary N) is 2. The molecule has 0 atom stereocenters. The van der Waals surface area contributed by atoms with Crippen molar-refractivity contribution in [3.63, 3.8) is 0 Å². The van der Waals surface area contributed by atoms with Crippen LogP contribution in [0.15, 0.2) is 29.3 Å². The zero-order valence-corrected chi connectivity index (χ0v) is 15.5. The van der Waals surface area contributed by atoms with E-state index in [4.69, 9.17) is 12.2 Å². The minimum atomic E-state index is -0.294. The van der Waals surface area contributed by atoms with E-state index in [1.54, 1.807) is 16.4 Å². The molecular weight excluding hydrogens is 356 g/mol. The Kier molecular flexibility index (Phi) is 4.65. The first-order chi connectivity index (χ1) is 11.9. The van der Waals surface area contributed by atoms with Crippen LogP contribution >= 0.6 is 23.6 Å². The summed E-state index contributed by atoms with van der Waals surface area (Å²) in [5.41, 5.74) is 3.74. The molecule has 2 heterocycles. The summed E-state index contributed by atoms with van der Waals surface area (Å²) in [4.78, 5) is 30.1. The van der Waals surface area contributed by atoms with Crippen LogP contribution < -0.4 is 15.5 Å². The average Bonchev–Trinajstić information content (AvgIpc) is 3.10. The number of rotatable bonds is 3. The number of para-hydroxylation sites is 1. The molecule has 2 aromatic rings. The summed E-state index contributed by atoms with van der Waals surface area (Å²) in [6.45, 7) is 5.43. The van der Waals surface area contributed by atoms with E-state index in [1.165, 1.54) is 18.3 Å². The van der Waals surface area contributed by atoms with E-state index in [2.05, 4.69) is 15.6 Å². The van der Waals surface area contributed by atoms with Crippen LogP contribution in [-0.4, -0.2) is 21.9 Å². The number of hydrogen-bond donors (Lipinski definition) is 2. The zero-order valence-electron chi connectivity index (χ0n) is 13.9. The third-order valence-electron chi connectivity index (χ3n) is 3.69. The molecule has 1 aromatic heterocycles. The van der Waals surface area contributed by atoms with Gasteiger partial charge in [-0.15, -0.1) is 11.3 Å². The molecule has 25 heavy (non-hydrogen) atoms. The van der Waals surface area contributed by atoms with E-state index in [1.807, 2.05) is 32.0 Å². The van der Waals surface area contributed by atoms with E-state index >= 15 is 0 Å². The highest BCUT2D eigenvalue weighted by Gasteiger charge is 2.23. The molecule has 1 aliphatic rings. The van der Waals surface area contributed by atoms with Gasteiger partial charge in [-0.3, -0.25) is 19.8 Å². The maximum Gasteiger partial charge on any atom is 0.273 e. The fraction of sp³-hybridized carbons (Fsp3) is 0.176. The smallest absolute Gasteiger partial charge is 0.273 e. The van der Waals surface area contributed by atoms with E-state index in [0.29, 0.717) is 16.5 Å². The number of aryl methyl sites for hydroxylation is 2. The van der Waals surface area contributed by atoms with Crippen molar-refractivity contribution in [1.82, 2.24) is 15.6 Å². The van der Waals surface area contributed by atoms with Crippen molar-refractivity contribution in [2.75, 3.05) is 4.90 Å². The number of carbonyl (C=O) groups is 2. The Labute approximate surface area is 154 Å². The maximum atomic E-state index is 12.3. The van der Waals surface area contributed by atoms with Crippen LogP contribution in [0.25, 0.3) is 6.08 Å². The van der Waals surface area contributed by atoms with Gasteiger partial charge in [0.15, 0.2) is 10.2 Å². The molecule has 8 heteroatoms. The molecule has 0 spiro atoms. The molecule has 1 fully saturated rings. The third-order valence-corrected chi connectivity index (χ3v) is 4.74. The number of aromatic nitrogens is 1. The Bertz CT molecular complexity index is 897. The molecule has 0 bridgehead atoms. The number of hydrogen-bond acceptors (Lipinski definition) is 5. The van der Waals surface area contributed by atoms with Crippen LogP contribution in [0.1, 0.15) is 23.7 Å². The van der Waals surface area contributed by atoms with E-state index in [0.717, 1.165) is 16.8 Å². The van der Waals surface area contributed by atoms with Gasteiger partial charge in [0.1, 0.15) is 5.70 Å². The van der Waals surface area contributed by atoms with Crippen molar-refractivity contribution in [2.24, 2.45) is 0 Å². The van der Waals surface area contributed by atoms with Gasteiger partial charge in [0.05, 0.1) is 11.4 Å². The van der Waals surface area contributed by atoms with Gasteiger partial charge in [-0.2, -0.15) is 0 Å². The van der Waals surface area contributed by atoms with Crippen LogP contribution in [0.3, 0.4) is 0 Å². The summed E-state index contributed by atoms with van der Waals surface area (Å²) in [7, 11) is 0. The Hall–Kier alpha value is -2.58. The molecule has 0 saturated carbocycles. The van der Waals surface area contributed by atoms with Gasteiger partial charge in [0, 0.05) is 12.3 Å². The van der Waals surface area contributed by atoms with Crippen molar-refractivity contribution in [2.45, 2.75) is 20.8 Å². The molecule has 1 saturated heterocycles. The van der Waals surface area contributed by atoms with Crippen molar-refractivity contribution >= 4 is 57.4 Å². The number of amides is 2. The summed E-state index contributed by atoms with van der Waals surface area (Å²) >= 11 is 6.25. The first-order valence-electron chi connectivity index (χ1n) is 7.53. The lowest BCUT2D eigenvalue weighted by atomic mass is 10.1. The molecule has 0 radical (unpaired) electrons. The average molecular weight is 372 g/mol. The van der Waals surface area contributed by atoms with Gasteiger partial charge in [-0.1, -0.05) is 18.2 Å². The summed E-state index contributed by atoms with van der Waals surface area (Å²) in [6.07, 6.45) is 1.61. The predicted molar refractivity (Wildman–Crippen MR) is 103 cm³/mol. The van der Waals surface area contributed by atoms with Crippen LogP contribution in [0, 0.1) is 13.8 Å². The second-order valence-electron chi connectivity index (χ2n) is 5.62. The number of carbonyl (C=O) groups excluding carboxylic acids is 2. The second kappa shape index (κ2) is 6.73. The molecule has 2 N–H and O–H groups in total. The van der Waals surface area contributed by atoms with Crippen molar-refractivity contribution in [1.29, 1.82) is 0 Å². The monoisotopic (exact) mass is 372 g/mol. The molecule has 0 unspecified atom stereocenters. The zero-order chi connectivity index (χ0) is 18.1. The first kappa shape index (κ1) is 17.2. The van der Waals surface area contributed by atoms with Gasteiger partial charge in [0.25, 0.3) is 5.91 Å². The molecule has 1 aromatic carbocycles. The molecule has 2 amide bonds. The Morgan fingerprint density at radius 3 is 2.52 bits per heavy atom. The van der Waals surface area contributed by atoms with Crippen LogP contribution in [-0.2, 0) is 9.59 Å². The fourth-order valence-corrected chi connectivity index (χ4v) is 3.65. The highest BCUT2D eigenvalue weighted by Crippen LogP contribution is 2.34. The van der Waals surface area contributed by atoms with Crippen LogP contribution in [0.5, 0.6) is 0 Å². The minimum absolute atomic E-state index is 0.121. The van der Waals surface area contributed by atoms with E-state index in [-0.39, 0.29) is 16.9 Å². The van der Waals surface area contributed by atoms with Gasteiger partial charge < -0.3 is 5.32 Å². The van der Waals surface area contributed by atoms with Gasteiger partial charge >= 0.3 is 0 Å². The number of nitrogens with zero attached hydrogens (tertiary/aromatic N) is 2. The Morgan fingerprint density at radius 1 is 1.28 bits per heavy atom. The number of thiocarbonyl (C=S) groups is 1. The molecule has 1 aliphatic heterocycles. The Morgan fingerprint density at radius 2 is 1.96 bits per heavy atom. The summed E-state index contributed by atoms with van der Waals surface area (Å²) in [6, 6.07) is 5.88. The van der Waals surface area contributed by atoms with Crippen LogP contribution in [0.2, 0.25) is 0 Å². The summed E-state index contributed by atoms with van der Waals surface area (Å²) in [5.74, 6) is -0.415. The second-order valence-corrected chi connectivity index (χ2v) is 6.86. The van der Waals surface area contributed by atoms with Gasteiger partial charge in [0.2, 0.25) is 5.91 Å². The van der Waals surface area contributed by atoms with Crippen molar-refractivity contribution in [3.8, 4) is 0 Å². The lowest BCUT2D eigenvalue weighted by molar-refractivity contribution is -0.116. The van der Waals surface area contributed by atoms with E-state index < -0.39 is 0 Å². The van der Waals surface area contributed by atoms with Gasteiger partial charge in [-0.05, 0) is 43.3 Å².